The maximum atomic E-state index is 12.3. The van der Waals surface area contributed by atoms with Crippen LogP contribution in [0.3, 0.4) is 0 Å². The summed E-state index contributed by atoms with van der Waals surface area (Å²) in [5.74, 6) is -0.243. The molecule has 0 atom stereocenters. The number of rotatable bonds is 6. The first-order valence-corrected chi connectivity index (χ1v) is 6.88. The Morgan fingerprint density at radius 3 is 2.55 bits per heavy atom. The van der Waals surface area contributed by atoms with E-state index in [-0.39, 0.29) is 18.3 Å². The van der Waals surface area contributed by atoms with Crippen molar-refractivity contribution in [1.82, 2.24) is 4.90 Å². The quantitative estimate of drug-likeness (QED) is 0.749. The van der Waals surface area contributed by atoms with Gasteiger partial charge in [-0.2, -0.15) is 0 Å². The maximum absolute atomic E-state index is 12.3. The molecule has 0 saturated carbocycles. The molecule has 0 aliphatic carbocycles. The monoisotopic (exact) mass is 277 g/mol. The van der Waals surface area contributed by atoms with E-state index in [1.54, 1.807) is 4.90 Å². The second kappa shape index (κ2) is 7.68. The molecule has 0 unspecified atom stereocenters. The minimum atomic E-state index is -0.289. The van der Waals surface area contributed by atoms with Crippen LogP contribution in [0.2, 0.25) is 0 Å². The molecule has 1 aromatic rings. The lowest BCUT2D eigenvalue weighted by Gasteiger charge is -2.21. The van der Waals surface area contributed by atoms with Crippen LogP contribution >= 0.6 is 0 Å². The number of benzene rings is 1. The highest BCUT2D eigenvalue weighted by molar-refractivity contribution is 5.80. The highest BCUT2D eigenvalue weighted by Crippen LogP contribution is 2.12. The SMILES string of the molecule is CCN(CCC(=O)OC)C(=O)Cc1cc(C)ccc1C. The fraction of sp³-hybridized carbons (Fsp3) is 0.500. The number of hydrogen-bond donors (Lipinski definition) is 0. The Hall–Kier alpha value is -1.84. The minimum absolute atomic E-state index is 0.0464. The lowest BCUT2D eigenvalue weighted by molar-refractivity contribution is -0.141. The molecule has 0 bridgehead atoms. The molecule has 20 heavy (non-hydrogen) atoms. The van der Waals surface area contributed by atoms with Crippen LogP contribution in [0, 0.1) is 13.8 Å². The van der Waals surface area contributed by atoms with Gasteiger partial charge in [-0.15, -0.1) is 0 Å². The van der Waals surface area contributed by atoms with Crippen molar-refractivity contribution in [3.8, 4) is 0 Å². The second-order valence-corrected chi connectivity index (χ2v) is 4.91. The zero-order valence-electron chi connectivity index (χ0n) is 12.7. The largest absolute Gasteiger partial charge is 0.469 e. The van der Waals surface area contributed by atoms with Gasteiger partial charge >= 0.3 is 5.97 Å². The Bertz CT molecular complexity index is 483. The Morgan fingerprint density at radius 1 is 1.25 bits per heavy atom. The number of hydrogen-bond acceptors (Lipinski definition) is 3. The van der Waals surface area contributed by atoms with Gasteiger partial charge in [0.25, 0.3) is 0 Å². The summed E-state index contributed by atoms with van der Waals surface area (Å²) in [7, 11) is 1.36. The lowest BCUT2D eigenvalue weighted by atomic mass is 10.0. The van der Waals surface area contributed by atoms with E-state index in [1.165, 1.54) is 7.11 Å². The molecule has 4 heteroatoms. The summed E-state index contributed by atoms with van der Waals surface area (Å²) in [4.78, 5) is 25.1. The van der Waals surface area contributed by atoms with E-state index in [9.17, 15) is 9.59 Å². The first-order valence-electron chi connectivity index (χ1n) is 6.88. The van der Waals surface area contributed by atoms with Crippen molar-refractivity contribution in [2.75, 3.05) is 20.2 Å². The van der Waals surface area contributed by atoms with Crippen LogP contribution < -0.4 is 0 Å². The number of ether oxygens (including phenoxy) is 1. The number of carbonyl (C=O) groups excluding carboxylic acids is 2. The van der Waals surface area contributed by atoms with Crippen LogP contribution in [-0.4, -0.2) is 37.0 Å². The molecule has 0 aliphatic heterocycles. The van der Waals surface area contributed by atoms with Crippen LogP contribution in [0.15, 0.2) is 18.2 Å². The molecule has 0 aliphatic rings. The van der Waals surface area contributed by atoms with Gasteiger partial charge in [0.2, 0.25) is 5.91 Å². The van der Waals surface area contributed by atoms with E-state index < -0.39 is 0 Å². The molecule has 4 nitrogen and oxygen atoms in total. The molecular weight excluding hydrogens is 254 g/mol. The normalized spacial score (nSPS) is 10.2. The lowest BCUT2D eigenvalue weighted by Crippen LogP contribution is -2.34. The molecule has 0 radical (unpaired) electrons. The average Bonchev–Trinajstić information content (AvgIpc) is 2.43. The van der Waals surface area contributed by atoms with Gasteiger partial charge in [-0.3, -0.25) is 9.59 Å². The van der Waals surface area contributed by atoms with Gasteiger partial charge in [-0.1, -0.05) is 23.8 Å². The number of aryl methyl sites for hydroxylation is 2. The summed E-state index contributed by atoms with van der Waals surface area (Å²) in [6, 6.07) is 6.11. The number of methoxy groups -OCH3 is 1. The van der Waals surface area contributed by atoms with Crippen LogP contribution in [-0.2, 0) is 20.7 Å². The Balaban J connectivity index is 2.67. The van der Waals surface area contributed by atoms with Gasteiger partial charge in [-0.05, 0) is 31.9 Å². The van der Waals surface area contributed by atoms with Gasteiger partial charge < -0.3 is 9.64 Å². The van der Waals surface area contributed by atoms with Gasteiger partial charge in [0.15, 0.2) is 0 Å². The van der Waals surface area contributed by atoms with Crippen molar-refractivity contribution >= 4 is 11.9 Å². The number of carbonyl (C=O) groups is 2. The number of nitrogens with zero attached hydrogens (tertiary/aromatic N) is 1. The van der Waals surface area contributed by atoms with Crippen LogP contribution in [0.25, 0.3) is 0 Å². The zero-order valence-corrected chi connectivity index (χ0v) is 12.7. The molecule has 0 spiro atoms. The summed E-state index contributed by atoms with van der Waals surface area (Å²) >= 11 is 0. The second-order valence-electron chi connectivity index (χ2n) is 4.91. The summed E-state index contributed by atoms with van der Waals surface area (Å²) in [5, 5.41) is 0. The predicted molar refractivity (Wildman–Crippen MR) is 78.5 cm³/mol. The van der Waals surface area contributed by atoms with Crippen LogP contribution in [0.5, 0.6) is 0 Å². The summed E-state index contributed by atoms with van der Waals surface area (Å²) in [5.41, 5.74) is 3.32. The number of likely N-dealkylation sites (N-methyl/N-ethyl adjacent to an activating group) is 1. The van der Waals surface area contributed by atoms with E-state index >= 15 is 0 Å². The highest BCUT2D eigenvalue weighted by atomic mass is 16.5. The van der Waals surface area contributed by atoms with Crippen molar-refractivity contribution < 1.29 is 14.3 Å². The summed E-state index contributed by atoms with van der Waals surface area (Å²) in [6.45, 7) is 6.95. The third-order valence-corrected chi connectivity index (χ3v) is 3.39. The standard InChI is InChI=1S/C16H23NO3/c1-5-17(9-8-16(19)20-4)15(18)11-14-10-12(2)6-7-13(14)3/h6-7,10H,5,8-9,11H2,1-4H3. The van der Waals surface area contributed by atoms with Gasteiger partial charge in [0.1, 0.15) is 0 Å². The fourth-order valence-corrected chi connectivity index (χ4v) is 2.05. The maximum Gasteiger partial charge on any atom is 0.307 e. The molecule has 0 heterocycles. The molecule has 1 rings (SSSR count). The van der Waals surface area contributed by atoms with Gasteiger partial charge in [0, 0.05) is 13.1 Å². The molecule has 1 aromatic carbocycles. The van der Waals surface area contributed by atoms with Crippen molar-refractivity contribution in [3.63, 3.8) is 0 Å². The smallest absolute Gasteiger partial charge is 0.307 e. The Kier molecular flexibility index (Phi) is 6.22. The number of amides is 1. The predicted octanol–water partition coefficient (Wildman–Crippen LogP) is 2.26. The van der Waals surface area contributed by atoms with Crippen molar-refractivity contribution in [2.24, 2.45) is 0 Å². The van der Waals surface area contributed by atoms with E-state index in [0.717, 1.165) is 16.7 Å². The average molecular weight is 277 g/mol. The molecule has 1 amide bonds. The fourth-order valence-electron chi connectivity index (χ4n) is 2.05. The minimum Gasteiger partial charge on any atom is -0.469 e. The number of esters is 1. The van der Waals surface area contributed by atoms with Crippen LogP contribution in [0.4, 0.5) is 0 Å². The summed E-state index contributed by atoms with van der Waals surface area (Å²) < 4.78 is 4.60. The molecule has 110 valence electrons. The van der Waals surface area contributed by atoms with Crippen molar-refractivity contribution in [1.29, 1.82) is 0 Å². The Morgan fingerprint density at radius 2 is 1.95 bits per heavy atom. The third kappa shape index (κ3) is 4.68. The van der Waals surface area contributed by atoms with E-state index in [0.29, 0.717) is 19.5 Å². The van der Waals surface area contributed by atoms with E-state index in [4.69, 9.17) is 0 Å². The first kappa shape index (κ1) is 16.2. The summed E-state index contributed by atoms with van der Waals surface area (Å²) in [6.07, 6.45) is 0.616. The molecule has 0 aromatic heterocycles. The van der Waals surface area contributed by atoms with Gasteiger partial charge in [-0.25, -0.2) is 0 Å². The molecule has 0 N–H and O–H groups in total. The first-order chi connectivity index (χ1) is 9.47. The van der Waals surface area contributed by atoms with E-state index in [2.05, 4.69) is 4.74 Å². The topological polar surface area (TPSA) is 46.6 Å². The Labute approximate surface area is 120 Å². The van der Waals surface area contributed by atoms with Crippen LogP contribution in [0.1, 0.15) is 30.0 Å². The van der Waals surface area contributed by atoms with Crippen molar-refractivity contribution in [3.05, 3.63) is 34.9 Å². The van der Waals surface area contributed by atoms with E-state index in [1.807, 2.05) is 39.0 Å². The molecular formula is C16H23NO3. The molecule has 0 fully saturated rings. The molecule has 0 saturated heterocycles. The highest BCUT2D eigenvalue weighted by Gasteiger charge is 2.15. The van der Waals surface area contributed by atoms with Gasteiger partial charge in [0.05, 0.1) is 20.0 Å². The third-order valence-electron chi connectivity index (χ3n) is 3.39. The van der Waals surface area contributed by atoms with Crippen molar-refractivity contribution in [2.45, 2.75) is 33.6 Å². The zero-order chi connectivity index (χ0) is 15.1.